The van der Waals surface area contributed by atoms with Crippen molar-refractivity contribution in [1.29, 1.82) is 0 Å². The lowest BCUT2D eigenvalue weighted by Gasteiger charge is -2.49. The van der Waals surface area contributed by atoms with E-state index in [-0.39, 0.29) is 5.82 Å². The summed E-state index contributed by atoms with van der Waals surface area (Å²) in [7, 11) is 0. The third-order valence-corrected chi connectivity index (χ3v) is 6.01. The van der Waals surface area contributed by atoms with Gasteiger partial charge < -0.3 is 9.80 Å². The third-order valence-electron chi connectivity index (χ3n) is 6.01. The maximum absolute atomic E-state index is 13.1. The zero-order chi connectivity index (χ0) is 18.4. The van der Waals surface area contributed by atoms with Gasteiger partial charge in [-0.2, -0.15) is 0 Å². The molecule has 0 atom stereocenters. The Morgan fingerprint density at radius 3 is 2.30 bits per heavy atom. The first kappa shape index (κ1) is 16.9. The second-order valence-electron chi connectivity index (χ2n) is 8.06. The molecule has 0 bridgehead atoms. The van der Waals surface area contributed by atoms with E-state index in [9.17, 15) is 4.39 Å². The van der Waals surface area contributed by atoms with Gasteiger partial charge in [0.25, 0.3) is 0 Å². The standard InChI is InChI=1S/C21H26FN5/c1-15-12-20(24-21(23-15)16-2-3-16)27-13-19(14-27)26-10-8-25(9-11-26)18-6-4-17(22)5-7-18/h4-7,12,16,19H,2-3,8-11,13-14H2,1H3. The van der Waals surface area contributed by atoms with Gasteiger partial charge >= 0.3 is 0 Å². The van der Waals surface area contributed by atoms with Crippen LogP contribution < -0.4 is 9.80 Å². The molecular weight excluding hydrogens is 341 g/mol. The maximum Gasteiger partial charge on any atom is 0.134 e. The van der Waals surface area contributed by atoms with Crippen LogP contribution in [-0.2, 0) is 0 Å². The summed E-state index contributed by atoms with van der Waals surface area (Å²) in [6.07, 6.45) is 2.48. The highest BCUT2D eigenvalue weighted by Crippen LogP contribution is 2.39. The average molecular weight is 367 g/mol. The van der Waals surface area contributed by atoms with Crippen molar-refractivity contribution in [2.45, 2.75) is 31.7 Å². The number of benzene rings is 1. The van der Waals surface area contributed by atoms with Gasteiger partial charge in [-0.05, 0) is 44.0 Å². The van der Waals surface area contributed by atoms with Gasteiger partial charge in [0.2, 0.25) is 0 Å². The summed E-state index contributed by atoms with van der Waals surface area (Å²) in [5.41, 5.74) is 2.20. The molecule has 1 aromatic heterocycles. The minimum atomic E-state index is -0.170. The number of aryl methyl sites for hydroxylation is 1. The van der Waals surface area contributed by atoms with Gasteiger partial charge in [0.05, 0.1) is 0 Å². The van der Waals surface area contributed by atoms with Gasteiger partial charge in [0, 0.05) is 68.7 Å². The number of nitrogens with zero attached hydrogens (tertiary/aromatic N) is 5. The van der Waals surface area contributed by atoms with Gasteiger partial charge in [-0.1, -0.05) is 0 Å². The Bertz CT molecular complexity index is 806. The highest BCUT2D eigenvalue weighted by molar-refractivity contribution is 5.47. The largest absolute Gasteiger partial charge is 0.369 e. The zero-order valence-electron chi connectivity index (χ0n) is 15.8. The van der Waals surface area contributed by atoms with Crippen LogP contribution in [0.3, 0.4) is 0 Å². The predicted molar refractivity (Wildman–Crippen MR) is 105 cm³/mol. The molecule has 2 saturated heterocycles. The number of anilines is 2. The van der Waals surface area contributed by atoms with Crippen LogP contribution in [0.15, 0.2) is 30.3 Å². The summed E-state index contributed by atoms with van der Waals surface area (Å²) in [6, 6.07) is 9.58. The SMILES string of the molecule is Cc1cc(N2CC(N3CCN(c4ccc(F)cc4)CC3)C2)nc(C2CC2)n1. The van der Waals surface area contributed by atoms with E-state index in [4.69, 9.17) is 4.98 Å². The fraction of sp³-hybridized carbons (Fsp3) is 0.524. The molecule has 0 spiro atoms. The number of halogens is 1. The molecule has 0 amide bonds. The van der Waals surface area contributed by atoms with Crippen LogP contribution >= 0.6 is 0 Å². The Kier molecular flexibility index (Phi) is 4.23. The molecule has 5 rings (SSSR count). The first-order valence-corrected chi connectivity index (χ1v) is 10.0. The van der Waals surface area contributed by atoms with Crippen molar-refractivity contribution >= 4 is 11.5 Å². The first-order valence-electron chi connectivity index (χ1n) is 10.0. The molecule has 1 aliphatic carbocycles. The number of hydrogen-bond donors (Lipinski definition) is 0. The van der Waals surface area contributed by atoms with Crippen LogP contribution in [0.1, 0.15) is 30.3 Å². The smallest absolute Gasteiger partial charge is 0.134 e. The minimum absolute atomic E-state index is 0.170. The summed E-state index contributed by atoms with van der Waals surface area (Å²) in [5.74, 6) is 2.57. The van der Waals surface area contributed by atoms with Crippen molar-refractivity contribution in [3.05, 3.63) is 47.7 Å². The van der Waals surface area contributed by atoms with E-state index in [0.717, 1.165) is 62.3 Å². The van der Waals surface area contributed by atoms with Crippen molar-refractivity contribution in [1.82, 2.24) is 14.9 Å². The zero-order valence-corrected chi connectivity index (χ0v) is 15.8. The molecule has 3 aliphatic rings. The summed E-state index contributed by atoms with van der Waals surface area (Å²) < 4.78 is 13.1. The van der Waals surface area contributed by atoms with Gasteiger partial charge in [-0.15, -0.1) is 0 Å². The lowest BCUT2D eigenvalue weighted by atomic mass is 10.1. The number of rotatable bonds is 4. The molecule has 6 heteroatoms. The molecule has 142 valence electrons. The van der Waals surface area contributed by atoms with E-state index in [1.165, 1.54) is 12.8 Å². The van der Waals surface area contributed by atoms with Crippen molar-refractivity contribution in [3.8, 4) is 0 Å². The Morgan fingerprint density at radius 2 is 1.63 bits per heavy atom. The topological polar surface area (TPSA) is 35.5 Å². The van der Waals surface area contributed by atoms with Crippen molar-refractivity contribution in [3.63, 3.8) is 0 Å². The lowest BCUT2D eigenvalue weighted by molar-refractivity contribution is 0.156. The summed E-state index contributed by atoms with van der Waals surface area (Å²) >= 11 is 0. The molecular formula is C21H26FN5. The lowest BCUT2D eigenvalue weighted by Crippen LogP contribution is -2.63. The number of piperazine rings is 1. The fourth-order valence-electron chi connectivity index (χ4n) is 4.13. The second-order valence-corrected chi connectivity index (χ2v) is 8.06. The van der Waals surface area contributed by atoms with Crippen molar-refractivity contribution in [2.24, 2.45) is 0 Å². The van der Waals surface area contributed by atoms with E-state index in [0.29, 0.717) is 12.0 Å². The van der Waals surface area contributed by atoms with Gasteiger partial charge in [-0.3, -0.25) is 4.90 Å². The van der Waals surface area contributed by atoms with Crippen molar-refractivity contribution < 1.29 is 4.39 Å². The van der Waals surface area contributed by atoms with Crippen LogP contribution in [0.5, 0.6) is 0 Å². The Morgan fingerprint density at radius 1 is 0.926 bits per heavy atom. The summed E-state index contributed by atoms with van der Waals surface area (Å²) in [5, 5.41) is 0. The van der Waals surface area contributed by atoms with Crippen LogP contribution in [0, 0.1) is 12.7 Å². The normalized spacial score (nSPS) is 21.4. The molecule has 2 aliphatic heterocycles. The molecule has 27 heavy (non-hydrogen) atoms. The quantitative estimate of drug-likeness (QED) is 0.830. The number of aromatic nitrogens is 2. The average Bonchev–Trinajstić information content (AvgIpc) is 3.47. The third kappa shape index (κ3) is 3.50. The molecule has 3 fully saturated rings. The number of hydrogen-bond acceptors (Lipinski definition) is 5. The molecule has 5 nitrogen and oxygen atoms in total. The summed E-state index contributed by atoms with van der Waals surface area (Å²) in [4.78, 5) is 16.7. The molecule has 3 heterocycles. The van der Waals surface area contributed by atoms with Crippen LogP contribution in [0.4, 0.5) is 15.9 Å². The predicted octanol–water partition coefficient (Wildman–Crippen LogP) is 2.81. The van der Waals surface area contributed by atoms with Gasteiger partial charge in [0.15, 0.2) is 0 Å². The van der Waals surface area contributed by atoms with E-state index in [1.807, 2.05) is 12.1 Å². The van der Waals surface area contributed by atoms with Crippen LogP contribution in [0.25, 0.3) is 0 Å². The monoisotopic (exact) mass is 367 g/mol. The van der Waals surface area contributed by atoms with E-state index >= 15 is 0 Å². The van der Waals surface area contributed by atoms with Gasteiger partial charge in [-0.25, -0.2) is 14.4 Å². The first-order chi connectivity index (χ1) is 13.2. The van der Waals surface area contributed by atoms with Crippen LogP contribution in [-0.4, -0.2) is 60.2 Å². The highest BCUT2D eigenvalue weighted by Gasteiger charge is 2.35. The Balaban J connectivity index is 1.16. The van der Waals surface area contributed by atoms with Crippen molar-refractivity contribution in [2.75, 3.05) is 49.1 Å². The molecule has 0 N–H and O–H groups in total. The van der Waals surface area contributed by atoms with E-state index < -0.39 is 0 Å². The summed E-state index contributed by atoms with van der Waals surface area (Å²) in [6.45, 7) is 8.30. The Hall–Kier alpha value is -2.21. The molecule has 2 aromatic rings. The molecule has 1 saturated carbocycles. The molecule has 1 aromatic carbocycles. The van der Waals surface area contributed by atoms with E-state index in [1.54, 1.807) is 12.1 Å². The molecule has 0 unspecified atom stereocenters. The minimum Gasteiger partial charge on any atom is -0.369 e. The fourth-order valence-corrected chi connectivity index (χ4v) is 4.13. The Labute approximate surface area is 159 Å². The van der Waals surface area contributed by atoms with Crippen LogP contribution in [0.2, 0.25) is 0 Å². The maximum atomic E-state index is 13.1. The molecule has 0 radical (unpaired) electrons. The van der Waals surface area contributed by atoms with E-state index in [2.05, 4.69) is 32.7 Å². The van der Waals surface area contributed by atoms with Gasteiger partial charge in [0.1, 0.15) is 17.5 Å². The highest BCUT2D eigenvalue weighted by atomic mass is 19.1. The second kappa shape index (κ2) is 6.75.